The molecular formula is C16H19N5O2S. The summed E-state index contributed by atoms with van der Waals surface area (Å²) < 4.78 is 7.40. The van der Waals surface area contributed by atoms with E-state index in [9.17, 15) is 4.79 Å². The molecule has 8 heteroatoms. The molecule has 0 spiro atoms. The first-order valence-corrected chi connectivity index (χ1v) is 8.86. The van der Waals surface area contributed by atoms with E-state index < -0.39 is 0 Å². The summed E-state index contributed by atoms with van der Waals surface area (Å²) >= 11 is 1.65. The van der Waals surface area contributed by atoms with E-state index in [2.05, 4.69) is 20.0 Å². The van der Waals surface area contributed by atoms with Crippen molar-refractivity contribution in [2.45, 2.75) is 32.6 Å². The topological polar surface area (TPSA) is 75.5 Å². The average Bonchev–Trinajstić information content (AvgIpc) is 3.26. The van der Waals surface area contributed by atoms with Crippen molar-refractivity contribution in [1.82, 2.24) is 24.5 Å². The molecule has 126 valence electrons. The van der Waals surface area contributed by atoms with Gasteiger partial charge in [-0.15, -0.1) is 11.3 Å². The van der Waals surface area contributed by atoms with Gasteiger partial charge in [0, 0.05) is 43.3 Å². The molecule has 1 aliphatic heterocycles. The summed E-state index contributed by atoms with van der Waals surface area (Å²) in [5.41, 5.74) is 2.38. The van der Waals surface area contributed by atoms with Gasteiger partial charge in [-0.3, -0.25) is 14.8 Å². The molecule has 1 aliphatic rings. The first-order valence-electron chi connectivity index (χ1n) is 7.98. The first kappa shape index (κ1) is 15.5. The number of rotatable bonds is 5. The second kappa shape index (κ2) is 6.46. The van der Waals surface area contributed by atoms with Crippen LogP contribution < -0.4 is 5.56 Å². The highest BCUT2D eigenvalue weighted by atomic mass is 32.1. The van der Waals surface area contributed by atoms with Crippen molar-refractivity contribution in [3.8, 4) is 0 Å². The quantitative estimate of drug-likeness (QED) is 0.760. The number of aromatic nitrogens is 4. The zero-order chi connectivity index (χ0) is 16.5. The number of hydrogen-bond acceptors (Lipinski definition) is 6. The van der Waals surface area contributed by atoms with Crippen LogP contribution in [0.5, 0.6) is 0 Å². The summed E-state index contributed by atoms with van der Waals surface area (Å²) in [5.74, 6) is 0. The summed E-state index contributed by atoms with van der Waals surface area (Å²) in [7, 11) is 0. The Balaban J connectivity index is 1.35. The van der Waals surface area contributed by atoms with Crippen molar-refractivity contribution >= 4 is 17.0 Å². The monoisotopic (exact) mass is 345 g/mol. The lowest BCUT2D eigenvalue weighted by molar-refractivity contribution is 0.0444. The molecule has 1 N–H and O–H groups in total. The highest BCUT2D eigenvalue weighted by Crippen LogP contribution is 2.17. The lowest BCUT2D eigenvalue weighted by Crippen LogP contribution is -2.25. The van der Waals surface area contributed by atoms with E-state index in [1.54, 1.807) is 29.7 Å². The third kappa shape index (κ3) is 3.26. The maximum atomic E-state index is 12.0. The molecule has 0 radical (unpaired) electrons. The van der Waals surface area contributed by atoms with E-state index in [0.717, 1.165) is 35.9 Å². The summed E-state index contributed by atoms with van der Waals surface area (Å²) in [5, 5.41) is 5.97. The Morgan fingerprint density at radius 1 is 1.42 bits per heavy atom. The molecular weight excluding hydrogens is 326 g/mol. The maximum Gasteiger partial charge on any atom is 0.272 e. The Morgan fingerprint density at radius 3 is 3.17 bits per heavy atom. The van der Waals surface area contributed by atoms with Gasteiger partial charge in [0.05, 0.1) is 29.1 Å². The zero-order valence-electron chi connectivity index (χ0n) is 13.4. The minimum absolute atomic E-state index is 0.0779. The average molecular weight is 345 g/mol. The maximum absolute atomic E-state index is 12.0. The third-order valence-corrected chi connectivity index (χ3v) is 5.00. The highest BCUT2D eigenvalue weighted by Gasteiger charge is 2.24. The number of likely N-dealkylation sites (tertiary alicyclic amines) is 1. The van der Waals surface area contributed by atoms with Gasteiger partial charge >= 0.3 is 0 Å². The van der Waals surface area contributed by atoms with E-state index in [4.69, 9.17) is 4.74 Å². The van der Waals surface area contributed by atoms with Gasteiger partial charge < -0.3 is 4.74 Å². The number of H-pyrrole nitrogens is 1. The fourth-order valence-corrected chi connectivity index (χ4v) is 3.64. The Hall–Kier alpha value is -2.03. The fraction of sp³-hybridized carbons (Fsp3) is 0.438. The second-order valence-electron chi connectivity index (χ2n) is 6.06. The summed E-state index contributed by atoms with van der Waals surface area (Å²) in [6.07, 6.45) is 2.92. The van der Waals surface area contributed by atoms with Crippen molar-refractivity contribution in [3.05, 3.63) is 50.5 Å². The number of aromatic amines is 1. The first-order chi connectivity index (χ1) is 11.7. The second-order valence-corrected chi connectivity index (χ2v) is 7.12. The smallest absolute Gasteiger partial charge is 0.272 e. The van der Waals surface area contributed by atoms with Gasteiger partial charge in [0.15, 0.2) is 5.65 Å². The molecule has 0 saturated carbocycles. The summed E-state index contributed by atoms with van der Waals surface area (Å²) in [4.78, 5) is 23.2. The van der Waals surface area contributed by atoms with Crippen LogP contribution in [0.3, 0.4) is 0 Å². The van der Waals surface area contributed by atoms with Crippen LogP contribution in [0.2, 0.25) is 0 Å². The van der Waals surface area contributed by atoms with Crippen LogP contribution in [-0.4, -0.2) is 43.7 Å². The standard InChI is InChI=1S/C16H19N5O2S/c1-11-18-13(10-24-11)9-23-14-3-5-20(8-14)7-12-6-16(22)21-15(19-12)2-4-17-21/h2,4,6,10,14,17H,3,5,7-9H2,1H3. The molecule has 4 rings (SSSR count). The number of hydrogen-bond donors (Lipinski definition) is 1. The van der Waals surface area contributed by atoms with E-state index in [-0.39, 0.29) is 11.7 Å². The fourth-order valence-electron chi connectivity index (χ4n) is 3.04. The number of aryl methyl sites for hydroxylation is 1. The van der Waals surface area contributed by atoms with Crippen LogP contribution in [0.1, 0.15) is 22.8 Å². The molecule has 3 aromatic rings. The predicted molar refractivity (Wildman–Crippen MR) is 91.1 cm³/mol. The van der Waals surface area contributed by atoms with E-state index in [1.165, 1.54) is 4.52 Å². The molecule has 3 aromatic heterocycles. The molecule has 24 heavy (non-hydrogen) atoms. The van der Waals surface area contributed by atoms with Gasteiger partial charge in [-0.05, 0) is 13.3 Å². The van der Waals surface area contributed by atoms with Crippen LogP contribution in [0.25, 0.3) is 5.65 Å². The van der Waals surface area contributed by atoms with E-state index in [0.29, 0.717) is 18.8 Å². The summed E-state index contributed by atoms with van der Waals surface area (Å²) in [6, 6.07) is 3.40. The normalized spacial score (nSPS) is 18.6. The van der Waals surface area contributed by atoms with Crippen molar-refractivity contribution in [3.63, 3.8) is 0 Å². The van der Waals surface area contributed by atoms with Crippen molar-refractivity contribution in [1.29, 1.82) is 0 Å². The van der Waals surface area contributed by atoms with Gasteiger partial charge in [-0.2, -0.15) is 0 Å². The van der Waals surface area contributed by atoms with Crippen LogP contribution in [0.4, 0.5) is 0 Å². The molecule has 0 amide bonds. The number of nitrogens with one attached hydrogen (secondary N) is 1. The minimum Gasteiger partial charge on any atom is -0.371 e. The highest BCUT2D eigenvalue weighted by molar-refractivity contribution is 7.09. The van der Waals surface area contributed by atoms with Gasteiger partial charge in [0.2, 0.25) is 0 Å². The zero-order valence-corrected chi connectivity index (χ0v) is 14.3. The number of nitrogens with zero attached hydrogens (tertiary/aromatic N) is 4. The SMILES string of the molecule is Cc1nc(COC2CCN(Cc3cc(=O)n4[nH]ccc4n3)C2)cs1. The molecule has 1 saturated heterocycles. The van der Waals surface area contributed by atoms with Gasteiger partial charge in [-0.1, -0.05) is 0 Å². The Labute approximate surface area is 142 Å². The van der Waals surface area contributed by atoms with Gasteiger partial charge in [0.25, 0.3) is 5.56 Å². The van der Waals surface area contributed by atoms with E-state index >= 15 is 0 Å². The van der Waals surface area contributed by atoms with E-state index in [1.807, 2.05) is 12.3 Å². The Kier molecular flexibility index (Phi) is 4.17. The predicted octanol–water partition coefficient (Wildman–Crippen LogP) is 1.58. The molecule has 0 aromatic carbocycles. The van der Waals surface area contributed by atoms with Crippen molar-refractivity contribution in [2.75, 3.05) is 13.1 Å². The van der Waals surface area contributed by atoms with Crippen LogP contribution in [-0.2, 0) is 17.9 Å². The number of fused-ring (bicyclic) bond motifs is 1. The molecule has 1 unspecified atom stereocenters. The van der Waals surface area contributed by atoms with Crippen LogP contribution in [0, 0.1) is 6.92 Å². The molecule has 0 aliphatic carbocycles. The number of thiazole rings is 1. The largest absolute Gasteiger partial charge is 0.371 e. The molecule has 7 nitrogen and oxygen atoms in total. The lowest BCUT2D eigenvalue weighted by Gasteiger charge is -2.15. The Morgan fingerprint density at radius 2 is 2.33 bits per heavy atom. The van der Waals surface area contributed by atoms with Crippen LogP contribution in [0.15, 0.2) is 28.5 Å². The molecule has 1 fully saturated rings. The van der Waals surface area contributed by atoms with Gasteiger partial charge in [-0.25, -0.2) is 14.5 Å². The Bertz CT molecular complexity index is 899. The van der Waals surface area contributed by atoms with Crippen LogP contribution >= 0.6 is 11.3 Å². The summed E-state index contributed by atoms with van der Waals surface area (Å²) in [6.45, 7) is 5.05. The third-order valence-electron chi connectivity index (χ3n) is 4.18. The van der Waals surface area contributed by atoms with Crippen molar-refractivity contribution in [2.24, 2.45) is 0 Å². The lowest BCUT2D eigenvalue weighted by atomic mass is 10.3. The molecule has 4 heterocycles. The molecule has 0 bridgehead atoms. The van der Waals surface area contributed by atoms with Gasteiger partial charge in [0.1, 0.15) is 0 Å². The molecule has 1 atom stereocenters. The minimum atomic E-state index is -0.0779. The number of ether oxygens (including phenoxy) is 1. The van der Waals surface area contributed by atoms with Crippen molar-refractivity contribution < 1.29 is 4.74 Å².